The van der Waals surface area contributed by atoms with Gasteiger partial charge in [0.05, 0.1) is 0 Å². The molecule has 0 bridgehead atoms. The van der Waals surface area contributed by atoms with E-state index in [9.17, 15) is 0 Å². The zero-order chi connectivity index (χ0) is 3.58. The molecule has 0 atom stereocenters. The Hall–Kier alpha value is 1.27. The van der Waals surface area contributed by atoms with Crippen LogP contribution >= 0.6 is 0 Å². The van der Waals surface area contributed by atoms with Gasteiger partial charge in [0.2, 0.25) is 0 Å². The molecule has 0 fully saturated rings. The van der Waals surface area contributed by atoms with Crippen molar-refractivity contribution in [2.45, 2.75) is 13.1 Å². The van der Waals surface area contributed by atoms with E-state index < -0.39 is 0 Å². The molecule has 0 spiro atoms. The van der Waals surface area contributed by atoms with Gasteiger partial charge in [-0.1, -0.05) is 13.1 Å². The predicted octanol–water partition coefficient (Wildman–Crippen LogP) is -2.26. The zero-order valence-corrected chi connectivity index (χ0v) is 7.46. The first-order valence-corrected chi connectivity index (χ1v) is 4.06. The van der Waals surface area contributed by atoms with E-state index in [4.69, 9.17) is 0 Å². The van der Waals surface area contributed by atoms with Crippen LogP contribution in [0, 0.1) is 6.55 Å². The van der Waals surface area contributed by atoms with E-state index in [1.165, 1.54) is 0 Å². The molecule has 6 heavy (non-hydrogen) atoms. The molecule has 1 radical (unpaired) electrons. The fourth-order valence-electron chi connectivity index (χ4n) is 0. The fourth-order valence-corrected chi connectivity index (χ4v) is 0. The van der Waals surface area contributed by atoms with Gasteiger partial charge in [-0.3, -0.25) is 0 Å². The van der Waals surface area contributed by atoms with Gasteiger partial charge in [0.1, 0.15) is 0 Å². The van der Waals surface area contributed by atoms with Crippen molar-refractivity contribution in [3.05, 3.63) is 6.55 Å². The van der Waals surface area contributed by atoms with E-state index in [-0.39, 0.29) is 44.3 Å². The van der Waals surface area contributed by atoms with Crippen LogP contribution in [0.4, 0.5) is 0 Å². The molecule has 0 aromatic heterocycles. The Morgan fingerprint density at radius 2 is 1.33 bits per heavy atom. The quantitative estimate of drug-likeness (QED) is 0.257. The maximum Gasteiger partial charge on any atom is 2.00 e. The van der Waals surface area contributed by atoms with Crippen molar-refractivity contribution >= 4 is 31.8 Å². The van der Waals surface area contributed by atoms with Crippen molar-refractivity contribution < 1.29 is 12.4 Å². The average molecular weight is 132 g/mol. The fraction of sp³-hybridized carbons (Fsp3) is 0.667. The van der Waals surface area contributed by atoms with Crippen LogP contribution in [-0.4, -0.2) is 31.8 Å². The number of halogens is 1. The Morgan fingerprint density at radius 1 is 1.33 bits per heavy atom. The second-order valence-electron chi connectivity index (χ2n) is 1.21. The first-order valence-electron chi connectivity index (χ1n) is 1.35. The molecule has 0 aliphatic heterocycles. The van der Waals surface area contributed by atoms with Crippen LogP contribution in [0.1, 0.15) is 0 Å². The van der Waals surface area contributed by atoms with Gasteiger partial charge < -0.3 is 19.0 Å². The minimum Gasteiger partial charge on any atom is -1.00 e. The van der Waals surface area contributed by atoms with E-state index in [0.717, 1.165) is 0 Å². The predicted molar refractivity (Wildman–Crippen MR) is 28.6 cm³/mol. The number of hydrogen-bond acceptors (Lipinski definition) is 0. The number of rotatable bonds is 0. The summed E-state index contributed by atoms with van der Waals surface area (Å²) in [7, 11) is -0.130. The summed E-state index contributed by atoms with van der Waals surface area (Å²) in [5.74, 6) is 0. The average Bonchev–Trinajstić information content (AvgIpc) is 0.811. The van der Waals surface area contributed by atoms with Gasteiger partial charge >= 0.3 is 23.1 Å². The Kier molecular flexibility index (Phi) is 25.0. The standard InChI is InChI=1S/C3H8Si.ClH.Mg/c1-4(2)3;;/h1H2,2-3H3;1H;/q-1;;+2/p-1. The molecule has 0 N–H and O–H groups in total. The van der Waals surface area contributed by atoms with Gasteiger partial charge in [-0.15, -0.1) is 8.80 Å². The Bertz CT molecular complexity index is 15.5. The van der Waals surface area contributed by atoms with Gasteiger partial charge in [0.25, 0.3) is 0 Å². The maximum atomic E-state index is 3.74. The Balaban J connectivity index is -0.0000000450. The molecular weight excluding hydrogens is 124 g/mol. The smallest absolute Gasteiger partial charge is 1.00 e. The molecule has 0 saturated carbocycles. The van der Waals surface area contributed by atoms with Crippen LogP contribution < -0.4 is 12.4 Å². The molecule has 0 aliphatic carbocycles. The summed E-state index contributed by atoms with van der Waals surface area (Å²) in [5, 5.41) is 0. The largest absolute Gasteiger partial charge is 2.00 e. The third-order valence-electron chi connectivity index (χ3n) is 0. The van der Waals surface area contributed by atoms with Gasteiger partial charge in [-0.05, 0) is 0 Å². The van der Waals surface area contributed by atoms with Crippen LogP contribution in [0.15, 0.2) is 0 Å². The third kappa shape index (κ3) is 59.4. The Morgan fingerprint density at radius 3 is 1.33 bits per heavy atom. The van der Waals surface area contributed by atoms with Gasteiger partial charge in [0, 0.05) is 0 Å². The van der Waals surface area contributed by atoms with Gasteiger partial charge in [0.15, 0.2) is 0 Å². The molecule has 0 nitrogen and oxygen atoms in total. The van der Waals surface area contributed by atoms with E-state index in [1.807, 2.05) is 0 Å². The molecule has 3 heteroatoms. The van der Waals surface area contributed by atoms with E-state index >= 15 is 0 Å². The summed E-state index contributed by atoms with van der Waals surface area (Å²) >= 11 is 0. The van der Waals surface area contributed by atoms with Crippen LogP contribution in [0.2, 0.25) is 13.1 Å². The van der Waals surface area contributed by atoms with Gasteiger partial charge in [-0.25, -0.2) is 0 Å². The molecule has 0 aliphatic rings. The SMILES string of the molecule is [CH2-][Si](C)C.[Cl-].[Mg+2]. The molecule has 0 unspecified atom stereocenters. The maximum absolute atomic E-state index is 3.74. The third-order valence-corrected chi connectivity index (χ3v) is 0. The normalized spacial score (nSPS) is 6.00. The molecule has 0 heterocycles. The van der Waals surface area contributed by atoms with E-state index in [1.54, 1.807) is 0 Å². The van der Waals surface area contributed by atoms with Crippen LogP contribution in [0.5, 0.6) is 0 Å². The summed E-state index contributed by atoms with van der Waals surface area (Å²) in [4.78, 5) is 0. The summed E-state index contributed by atoms with van der Waals surface area (Å²) in [5.41, 5.74) is 0. The minimum absolute atomic E-state index is 0. The van der Waals surface area contributed by atoms with Gasteiger partial charge in [-0.2, -0.15) is 0 Å². The Labute approximate surface area is 63.9 Å². The summed E-state index contributed by atoms with van der Waals surface area (Å²) in [6.45, 7) is 8.06. The minimum atomic E-state index is -0.130. The molecular formula is C3H8ClMgSi. The van der Waals surface area contributed by atoms with Crippen molar-refractivity contribution in [1.29, 1.82) is 0 Å². The first-order chi connectivity index (χ1) is 1.73. The van der Waals surface area contributed by atoms with Crippen LogP contribution in [0.25, 0.3) is 0 Å². The van der Waals surface area contributed by atoms with E-state index in [2.05, 4.69) is 19.6 Å². The molecule has 0 aromatic rings. The summed E-state index contributed by atoms with van der Waals surface area (Å²) in [6, 6.07) is 0. The summed E-state index contributed by atoms with van der Waals surface area (Å²) in [6.07, 6.45) is 0. The molecule has 0 amide bonds. The molecule has 0 aromatic carbocycles. The molecule has 0 rings (SSSR count). The van der Waals surface area contributed by atoms with Crippen molar-refractivity contribution in [1.82, 2.24) is 0 Å². The summed E-state index contributed by atoms with van der Waals surface area (Å²) < 4.78 is 0. The second kappa shape index (κ2) is 9.55. The van der Waals surface area contributed by atoms with Crippen molar-refractivity contribution in [2.24, 2.45) is 0 Å². The zero-order valence-electron chi connectivity index (χ0n) is 4.29. The molecule has 33 valence electrons. The molecule has 0 saturated heterocycles. The first kappa shape index (κ1) is 15.7. The number of hydrogen-bond donors (Lipinski definition) is 0. The second-order valence-corrected chi connectivity index (χ2v) is 3.62. The van der Waals surface area contributed by atoms with Crippen LogP contribution in [-0.2, 0) is 0 Å². The topological polar surface area (TPSA) is 0 Å². The monoisotopic (exact) mass is 131 g/mol. The van der Waals surface area contributed by atoms with Crippen molar-refractivity contribution in [3.63, 3.8) is 0 Å². The van der Waals surface area contributed by atoms with Crippen molar-refractivity contribution in [3.8, 4) is 0 Å². The van der Waals surface area contributed by atoms with Crippen LogP contribution in [0.3, 0.4) is 0 Å². The van der Waals surface area contributed by atoms with Crippen molar-refractivity contribution in [2.75, 3.05) is 0 Å². The van der Waals surface area contributed by atoms with E-state index in [0.29, 0.717) is 0 Å².